The molecule has 2 heterocycles. The van der Waals surface area contributed by atoms with E-state index in [-0.39, 0.29) is 5.91 Å². The van der Waals surface area contributed by atoms with Crippen molar-refractivity contribution in [3.63, 3.8) is 0 Å². The normalized spacial score (nSPS) is 10.4. The fourth-order valence-electron chi connectivity index (χ4n) is 1.33. The highest BCUT2D eigenvalue weighted by molar-refractivity contribution is 9.10. The molecule has 17 heavy (non-hydrogen) atoms. The number of amides is 1. The largest absolute Gasteiger partial charge is 0.444 e. The summed E-state index contributed by atoms with van der Waals surface area (Å²) < 4.78 is 5.67. The van der Waals surface area contributed by atoms with Gasteiger partial charge in [-0.1, -0.05) is 0 Å². The second kappa shape index (κ2) is 5.62. The van der Waals surface area contributed by atoms with E-state index in [1.807, 2.05) is 0 Å². The number of carbonyl (C=O) groups excluding carboxylic acids is 1. The first kappa shape index (κ1) is 11.8. The van der Waals surface area contributed by atoms with Gasteiger partial charge < -0.3 is 9.73 Å². The summed E-state index contributed by atoms with van der Waals surface area (Å²) in [6.45, 7) is 0.567. The van der Waals surface area contributed by atoms with Crippen molar-refractivity contribution in [2.24, 2.45) is 0 Å². The number of furan rings is 1. The van der Waals surface area contributed by atoms with Crippen molar-refractivity contribution in [1.82, 2.24) is 20.5 Å². The van der Waals surface area contributed by atoms with Crippen LogP contribution in [0, 0.1) is 0 Å². The molecule has 2 aromatic heterocycles. The van der Waals surface area contributed by atoms with E-state index in [1.54, 1.807) is 12.1 Å². The number of carbonyl (C=O) groups is 1. The van der Waals surface area contributed by atoms with Crippen molar-refractivity contribution in [2.75, 3.05) is 6.54 Å². The molecule has 1 amide bonds. The molecule has 0 aliphatic rings. The number of nitrogens with zero attached hydrogens (tertiary/aromatic N) is 2. The van der Waals surface area contributed by atoms with E-state index in [0.29, 0.717) is 17.0 Å². The van der Waals surface area contributed by atoms with Gasteiger partial charge in [-0.05, 0) is 34.5 Å². The number of aromatic amines is 1. The van der Waals surface area contributed by atoms with Crippen molar-refractivity contribution < 1.29 is 9.21 Å². The van der Waals surface area contributed by atoms with E-state index < -0.39 is 0 Å². The number of halogens is 1. The second-order valence-electron chi connectivity index (χ2n) is 3.40. The standard InChI is InChI=1S/C10H11BrN4O2/c11-8-4-3-7(17-8)10(16)12-5-1-2-9-13-6-14-15-9/h3-4,6H,1-2,5H2,(H,12,16)(H,13,14,15). The summed E-state index contributed by atoms with van der Waals surface area (Å²) in [6.07, 6.45) is 3.01. The maximum atomic E-state index is 11.6. The van der Waals surface area contributed by atoms with Crippen LogP contribution in [0.5, 0.6) is 0 Å². The Hall–Kier alpha value is -1.63. The Balaban J connectivity index is 1.70. The first-order valence-electron chi connectivity index (χ1n) is 5.13. The number of aromatic nitrogens is 3. The molecule has 0 spiro atoms. The fourth-order valence-corrected chi connectivity index (χ4v) is 1.64. The first-order valence-corrected chi connectivity index (χ1v) is 5.93. The predicted molar refractivity (Wildman–Crippen MR) is 63.4 cm³/mol. The van der Waals surface area contributed by atoms with Crippen LogP contribution in [-0.4, -0.2) is 27.6 Å². The zero-order valence-corrected chi connectivity index (χ0v) is 10.5. The van der Waals surface area contributed by atoms with Crippen molar-refractivity contribution in [1.29, 1.82) is 0 Å². The second-order valence-corrected chi connectivity index (χ2v) is 4.18. The van der Waals surface area contributed by atoms with E-state index in [2.05, 4.69) is 36.4 Å². The molecule has 6 nitrogen and oxygen atoms in total. The molecule has 0 radical (unpaired) electrons. The van der Waals surface area contributed by atoms with Crippen LogP contribution in [0.3, 0.4) is 0 Å². The van der Waals surface area contributed by atoms with Gasteiger partial charge in [-0.25, -0.2) is 4.98 Å². The van der Waals surface area contributed by atoms with E-state index in [0.717, 1.165) is 18.7 Å². The van der Waals surface area contributed by atoms with E-state index in [1.165, 1.54) is 6.33 Å². The van der Waals surface area contributed by atoms with Crippen LogP contribution in [0.1, 0.15) is 22.8 Å². The summed E-state index contributed by atoms with van der Waals surface area (Å²) >= 11 is 3.14. The Morgan fingerprint density at radius 1 is 1.53 bits per heavy atom. The van der Waals surface area contributed by atoms with Crippen LogP contribution in [0.2, 0.25) is 0 Å². The first-order chi connectivity index (χ1) is 8.25. The molecule has 2 rings (SSSR count). The molecular formula is C10H11BrN4O2. The van der Waals surface area contributed by atoms with Gasteiger partial charge >= 0.3 is 0 Å². The van der Waals surface area contributed by atoms with Gasteiger partial charge in [-0.3, -0.25) is 9.89 Å². The maximum absolute atomic E-state index is 11.6. The van der Waals surface area contributed by atoms with Crippen LogP contribution in [0.4, 0.5) is 0 Å². The van der Waals surface area contributed by atoms with Crippen molar-refractivity contribution in [3.05, 3.63) is 34.7 Å². The van der Waals surface area contributed by atoms with Crippen molar-refractivity contribution >= 4 is 21.8 Å². The fraction of sp³-hybridized carbons (Fsp3) is 0.300. The maximum Gasteiger partial charge on any atom is 0.287 e. The quantitative estimate of drug-likeness (QED) is 0.820. The molecule has 2 aromatic rings. The van der Waals surface area contributed by atoms with Gasteiger partial charge in [0, 0.05) is 13.0 Å². The highest BCUT2D eigenvalue weighted by Gasteiger charge is 2.09. The van der Waals surface area contributed by atoms with Crippen LogP contribution in [0.15, 0.2) is 27.5 Å². The van der Waals surface area contributed by atoms with Gasteiger partial charge in [0.15, 0.2) is 10.4 Å². The summed E-state index contributed by atoms with van der Waals surface area (Å²) in [6, 6.07) is 3.30. The van der Waals surface area contributed by atoms with Gasteiger partial charge in [-0.2, -0.15) is 5.10 Å². The third-order valence-corrected chi connectivity index (χ3v) is 2.56. The topological polar surface area (TPSA) is 83.8 Å². The van der Waals surface area contributed by atoms with Gasteiger partial charge in [0.25, 0.3) is 5.91 Å². The lowest BCUT2D eigenvalue weighted by atomic mass is 10.3. The summed E-state index contributed by atoms with van der Waals surface area (Å²) in [5, 5.41) is 9.26. The minimum atomic E-state index is -0.215. The summed E-state index contributed by atoms with van der Waals surface area (Å²) in [5.41, 5.74) is 0. The minimum absolute atomic E-state index is 0.215. The molecule has 0 aliphatic carbocycles. The van der Waals surface area contributed by atoms with E-state index in [9.17, 15) is 4.79 Å². The Labute approximate surface area is 106 Å². The van der Waals surface area contributed by atoms with Crippen molar-refractivity contribution in [3.8, 4) is 0 Å². The SMILES string of the molecule is O=C(NCCCc1ncn[nH]1)c1ccc(Br)o1. The van der Waals surface area contributed by atoms with Gasteiger partial charge in [0.2, 0.25) is 0 Å². The number of hydrogen-bond acceptors (Lipinski definition) is 4. The molecule has 0 saturated heterocycles. The number of nitrogens with one attached hydrogen (secondary N) is 2. The lowest BCUT2D eigenvalue weighted by molar-refractivity contribution is 0.0924. The third kappa shape index (κ3) is 3.42. The van der Waals surface area contributed by atoms with Crippen molar-refractivity contribution in [2.45, 2.75) is 12.8 Å². The van der Waals surface area contributed by atoms with Gasteiger partial charge in [0.05, 0.1) is 0 Å². The molecule has 7 heteroatoms. The lowest BCUT2D eigenvalue weighted by Crippen LogP contribution is -2.24. The highest BCUT2D eigenvalue weighted by atomic mass is 79.9. The van der Waals surface area contributed by atoms with Crippen LogP contribution >= 0.6 is 15.9 Å². The molecule has 90 valence electrons. The predicted octanol–water partition coefficient (Wildman–Crippen LogP) is 1.52. The molecule has 0 unspecified atom stereocenters. The Bertz CT molecular complexity index is 480. The molecule has 0 aliphatic heterocycles. The Morgan fingerprint density at radius 2 is 2.41 bits per heavy atom. The molecule has 2 N–H and O–H groups in total. The average molecular weight is 299 g/mol. The summed E-state index contributed by atoms with van der Waals surface area (Å²) in [5.74, 6) is 0.907. The van der Waals surface area contributed by atoms with E-state index in [4.69, 9.17) is 4.42 Å². The average Bonchev–Trinajstić information content (AvgIpc) is 2.95. The Kier molecular flexibility index (Phi) is 3.92. The molecule has 0 saturated carbocycles. The highest BCUT2D eigenvalue weighted by Crippen LogP contribution is 2.13. The number of aryl methyl sites for hydroxylation is 1. The summed E-state index contributed by atoms with van der Waals surface area (Å²) in [4.78, 5) is 15.5. The van der Waals surface area contributed by atoms with Gasteiger partial charge in [0.1, 0.15) is 12.2 Å². The van der Waals surface area contributed by atoms with Crippen LogP contribution < -0.4 is 5.32 Å². The minimum Gasteiger partial charge on any atom is -0.444 e. The molecular weight excluding hydrogens is 288 g/mol. The van der Waals surface area contributed by atoms with Gasteiger partial charge in [-0.15, -0.1) is 0 Å². The smallest absolute Gasteiger partial charge is 0.287 e. The van der Waals surface area contributed by atoms with Crippen LogP contribution in [0.25, 0.3) is 0 Å². The monoisotopic (exact) mass is 298 g/mol. The Morgan fingerprint density at radius 3 is 3.06 bits per heavy atom. The van der Waals surface area contributed by atoms with Crippen LogP contribution in [-0.2, 0) is 6.42 Å². The molecule has 0 atom stereocenters. The zero-order chi connectivity index (χ0) is 12.1. The zero-order valence-electron chi connectivity index (χ0n) is 8.94. The number of rotatable bonds is 5. The lowest BCUT2D eigenvalue weighted by Gasteiger charge is -2.01. The molecule has 0 aromatic carbocycles. The summed E-state index contributed by atoms with van der Waals surface area (Å²) in [7, 11) is 0. The molecule has 0 bridgehead atoms. The molecule has 0 fully saturated rings. The number of hydrogen-bond donors (Lipinski definition) is 2. The number of H-pyrrole nitrogens is 1. The third-order valence-electron chi connectivity index (χ3n) is 2.14. The van der Waals surface area contributed by atoms with E-state index >= 15 is 0 Å².